The van der Waals surface area contributed by atoms with Gasteiger partial charge in [0.2, 0.25) is 11.9 Å². The Hall–Kier alpha value is -1.73. The van der Waals surface area contributed by atoms with Gasteiger partial charge in [-0.3, -0.25) is 4.79 Å². The molecular weight excluding hydrogens is 332 g/mol. The second-order valence-corrected chi connectivity index (χ2v) is 8.07. The van der Waals surface area contributed by atoms with Crippen LogP contribution < -0.4 is 5.32 Å². The molecule has 2 aliphatic heterocycles. The highest BCUT2D eigenvalue weighted by Crippen LogP contribution is 2.38. The number of ether oxygens (including phenoxy) is 1. The SMILES string of the molecule is O=C(CC1(O)CCC1)N1CCC2(CC1)CC(Nc1ncccn1)CCO2. The van der Waals surface area contributed by atoms with Gasteiger partial charge in [0, 0.05) is 38.1 Å². The van der Waals surface area contributed by atoms with Crippen molar-refractivity contribution in [1.29, 1.82) is 0 Å². The predicted molar refractivity (Wildman–Crippen MR) is 96.6 cm³/mol. The normalized spacial score (nSPS) is 27.0. The van der Waals surface area contributed by atoms with Crippen LogP contribution in [0.1, 0.15) is 51.4 Å². The van der Waals surface area contributed by atoms with Crippen molar-refractivity contribution in [2.45, 2.75) is 68.6 Å². The topological polar surface area (TPSA) is 87.6 Å². The molecule has 3 heterocycles. The first-order valence-electron chi connectivity index (χ1n) is 9.74. The highest BCUT2D eigenvalue weighted by molar-refractivity contribution is 5.77. The third-order valence-electron chi connectivity index (χ3n) is 6.18. The molecule has 0 bridgehead atoms. The standard InChI is InChI=1S/C19H28N4O3/c24-16(14-18(25)4-1-5-18)23-10-6-19(7-11-23)13-15(3-12-26-19)22-17-20-8-2-9-21-17/h2,8-9,15,25H,1,3-7,10-14H2,(H,20,21,22). The molecular formula is C19H28N4O3. The molecule has 2 saturated heterocycles. The van der Waals surface area contributed by atoms with Crippen LogP contribution in [0.5, 0.6) is 0 Å². The first-order chi connectivity index (χ1) is 12.6. The van der Waals surface area contributed by atoms with Gasteiger partial charge in [-0.05, 0) is 51.0 Å². The van der Waals surface area contributed by atoms with Crippen molar-refractivity contribution in [1.82, 2.24) is 14.9 Å². The molecule has 1 aromatic heterocycles. The number of hydrogen-bond donors (Lipinski definition) is 2. The number of rotatable bonds is 4. The first-order valence-corrected chi connectivity index (χ1v) is 9.74. The highest BCUT2D eigenvalue weighted by Gasteiger charge is 2.43. The van der Waals surface area contributed by atoms with Gasteiger partial charge in [0.1, 0.15) is 0 Å². The molecule has 0 aromatic carbocycles. The molecule has 7 heteroatoms. The maximum Gasteiger partial charge on any atom is 0.225 e. The minimum atomic E-state index is -0.738. The zero-order valence-corrected chi connectivity index (χ0v) is 15.2. The zero-order valence-electron chi connectivity index (χ0n) is 15.2. The number of carbonyl (C=O) groups is 1. The van der Waals surface area contributed by atoms with Gasteiger partial charge in [-0.25, -0.2) is 9.97 Å². The molecule has 0 radical (unpaired) electrons. The number of anilines is 1. The van der Waals surface area contributed by atoms with Gasteiger partial charge in [0.15, 0.2) is 0 Å². The van der Waals surface area contributed by atoms with Gasteiger partial charge < -0.3 is 20.1 Å². The van der Waals surface area contributed by atoms with Crippen molar-refractivity contribution in [3.63, 3.8) is 0 Å². The monoisotopic (exact) mass is 360 g/mol. The number of nitrogens with zero attached hydrogens (tertiary/aromatic N) is 3. The summed E-state index contributed by atoms with van der Waals surface area (Å²) in [6, 6.07) is 2.10. The van der Waals surface area contributed by atoms with Crippen LogP contribution in [0.2, 0.25) is 0 Å². The summed E-state index contributed by atoms with van der Waals surface area (Å²) in [7, 11) is 0. The maximum atomic E-state index is 12.5. The number of piperidine rings is 1. The van der Waals surface area contributed by atoms with E-state index in [1.807, 2.05) is 11.0 Å². The van der Waals surface area contributed by atoms with E-state index in [9.17, 15) is 9.90 Å². The van der Waals surface area contributed by atoms with Crippen LogP contribution in [0.4, 0.5) is 5.95 Å². The number of hydrogen-bond acceptors (Lipinski definition) is 6. The van der Waals surface area contributed by atoms with E-state index in [0.29, 0.717) is 25.1 Å². The molecule has 26 heavy (non-hydrogen) atoms. The lowest BCUT2D eigenvalue weighted by atomic mass is 9.77. The van der Waals surface area contributed by atoms with Crippen molar-refractivity contribution in [3.8, 4) is 0 Å². The van der Waals surface area contributed by atoms with Crippen LogP contribution in [-0.4, -0.2) is 62.8 Å². The molecule has 1 saturated carbocycles. The smallest absolute Gasteiger partial charge is 0.225 e. The highest BCUT2D eigenvalue weighted by atomic mass is 16.5. The van der Waals surface area contributed by atoms with Gasteiger partial charge in [-0.2, -0.15) is 0 Å². The summed E-state index contributed by atoms with van der Waals surface area (Å²) in [5, 5.41) is 13.7. The number of amides is 1. The van der Waals surface area contributed by atoms with Gasteiger partial charge >= 0.3 is 0 Å². The molecule has 1 amide bonds. The van der Waals surface area contributed by atoms with Crippen LogP contribution in [0, 0.1) is 0 Å². The Morgan fingerprint density at radius 1 is 1.27 bits per heavy atom. The second-order valence-electron chi connectivity index (χ2n) is 8.07. The lowest BCUT2D eigenvalue weighted by molar-refractivity contribution is -0.150. The van der Waals surface area contributed by atoms with E-state index in [4.69, 9.17) is 4.74 Å². The van der Waals surface area contributed by atoms with E-state index in [0.717, 1.165) is 51.6 Å². The van der Waals surface area contributed by atoms with Crippen molar-refractivity contribution in [2.24, 2.45) is 0 Å². The van der Waals surface area contributed by atoms with E-state index in [2.05, 4.69) is 15.3 Å². The molecule has 1 spiro atoms. The third-order valence-corrected chi connectivity index (χ3v) is 6.18. The average Bonchev–Trinajstić information content (AvgIpc) is 2.62. The molecule has 3 aliphatic rings. The minimum absolute atomic E-state index is 0.0882. The van der Waals surface area contributed by atoms with E-state index >= 15 is 0 Å². The van der Waals surface area contributed by atoms with Crippen molar-refractivity contribution in [3.05, 3.63) is 18.5 Å². The molecule has 142 valence electrons. The lowest BCUT2D eigenvalue weighted by Crippen LogP contribution is -2.54. The number of aliphatic hydroxyl groups is 1. The minimum Gasteiger partial charge on any atom is -0.389 e. The Morgan fingerprint density at radius 2 is 2.00 bits per heavy atom. The van der Waals surface area contributed by atoms with Crippen LogP contribution in [0.3, 0.4) is 0 Å². The Labute approximate surface area is 154 Å². The van der Waals surface area contributed by atoms with Crippen LogP contribution in [-0.2, 0) is 9.53 Å². The quantitative estimate of drug-likeness (QED) is 0.850. The van der Waals surface area contributed by atoms with E-state index in [-0.39, 0.29) is 17.9 Å². The number of carbonyl (C=O) groups excluding carboxylic acids is 1. The van der Waals surface area contributed by atoms with Gasteiger partial charge in [-0.15, -0.1) is 0 Å². The third kappa shape index (κ3) is 3.83. The zero-order chi connectivity index (χ0) is 18.0. The van der Waals surface area contributed by atoms with Gasteiger partial charge in [-0.1, -0.05) is 0 Å². The molecule has 1 unspecified atom stereocenters. The van der Waals surface area contributed by atoms with Crippen molar-refractivity contribution in [2.75, 3.05) is 25.0 Å². The summed E-state index contributed by atoms with van der Waals surface area (Å²) in [4.78, 5) is 22.9. The fourth-order valence-electron chi connectivity index (χ4n) is 4.37. The van der Waals surface area contributed by atoms with E-state index in [1.54, 1.807) is 12.4 Å². The number of likely N-dealkylation sites (tertiary alicyclic amines) is 1. The molecule has 1 atom stereocenters. The lowest BCUT2D eigenvalue weighted by Gasteiger charge is -2.47. The molecule has 1 aliphatic carbocycles. The number of aromatic nitrogens is 2. The van der Waals surface area contributed by atoms with E-state index < -0.39 is 5.60 Å². The van der Waals surface area contributed by atoms with Crippen LogP contribution in [0.25, 0.3) is 0 Å². The molecule has 1 aromatic rings. The van der Waals surface area contributed by atoms with Crippen molar-refractivity contribution >= 4 is 11.9 Å². The van der Waals surface area contributed by atoms with Crippen LogP contribution in [0.15, 0.2) is 18.5 Å². The van der Waals surface area contributed by atoms with Gasteiger partial charge in [0.25, 0.3) is 0 Å². The maximum absolute atomic E-state index is 12.5. The Morgan fingerprint density at radius 3 is 2.65 bits per heavy atom. The van der Waals surface area contributed by atoms with E-state index in [1.165, 1.54) is 0 Å². The number of nitrogens with one attached hydrogen (secondary N) is 1. The summed E-state index contributed by atoms with van der Waals surface area (Å²) in [5.74, 6) is 0.751. The average molecular weight is 360 g/mol. The molecule has 4 rings (SSSR count). The first kappa shape index (κ1) is 17.7. The summed E-state index contributed by atoms with van der Waals surface area (Å²) < 4.78 is 6.17. The Kier molecular flexibility index (Phi) is 4.84. The largest absolute Gasteiger partial charge is 0.389 e. The Bertz CT molecular complexity index is 627. The van der Waals surface area contributed by atoms with Gasteiger partial charge in [0.05, 0.1) is 17.6 Å². The molecule has 7 nitrogen and oxygen atoms in total. The fraction of sp³-hybridized carbons (Fsp3) is 0.737. The summed E-state index contributed by atoms with van der Waals surface area (Å²) in [6.45, 7) is 2.14. The summed E-state index contributed by atoms with van der Waals surface area (Å²) >= 11 is 0. The molecule has 2 N–H and O–H groups in total. The Balaban J connectivity index is 1.30. The predicted octanol–water partition coefficient (Wildman–Crippen LogP) is 1.73. The molecule has 3 fully saturated rings. The second kappa shape index (κ2) is 7.12. The van der Waals surface area contributed by atoms with Crippen LogP contribution >= 0.6 is 0 Å². The summed E-state index contributed by atoms with van der Waals surface area (Å²) in [5.41, 5.74) is -0.896. The fourth-order valence-corrected chi connectivity index (χ4v) is 4.37. The summed E-state index contributed by atoms with van der Waals surface area (Å²) in [6.07, 6.45) is 9.86. The van der Waals surface area contributed by atoms with Crippen molar-refractivity contribution < 1.29 is 14.6 Å².